The maximum absolute atomic E-state index is 13.1. The monoisotopic (exact) mass is 278 g/mol. The number of amides is 1. The van der Waals surface area contributed by atoms with E-state index in [0.29, 0.717) is 11.3 Å². The van der Waals surface area contributed by atoms with E-state index in [-0.39, 0.29) is 18.5 Å². The molecule has 1 aromatic rings. The minimum atomic E-state index is -5.00. The van der Waals surface area contributed by atoms with E-state index in [1.807, 2.05) is 0 Å². The lowest BCUT2D eigenvalue weighted by Crippen LogP contribution is -2.41. The van der Waals surface area contributed by atoms with E-state index in [1.54, 1.807) is 0 Å². The molecule has 0 aliphatic carbocycles. The van der Waals surface area contributed by atoms with Gasteiger partial charge in [-0.05, 0) is 18.9 Å². The molecule has 1 saturated heterocycles. The number of nitrogens with one attached hydrogen (secondary N) is 1. The maximum atomic E-state index is 13.1. The van der Waals surface area contributed by atoms with E-state index >= 15 is 0 Å². The predicted molar refractivity (Wildman–Crippen MR) is 56.8 cm³/mol. The highest BCUT2D eigenvalue weighted by Crippen LogP contribution is 2.33. The van der Waals surface area contributed by atoms with Crippen molar-refractivity contribution in [2.24, 2.45) is 0 Å². The molecule has 104 valence electrons. The second-order valence-corrected chi connectivity index (χ2v) is 4.26. The molecule has 4 nitrogen and oxygen atoms in total. The van der Waals surface area contributed by atoms with Gasteiger partial charge in [-0.3, -0.25) is 9.59 Å². The fourth-order valence-corrected chi connectivity index (χ4v) is 2.22. The molecule has 2 rings (SSSR count). The van der Waals surface area contributed by atoms with E-state index in [2.05, 4.69) is 4.98 Å². The highest BCUT2D eigenvalue weighted by atomic mass is 19.4. The molecule has 19 heavy (non-hydrogen) atoms. The van der Waals surface area contributed by atoms with E-state index in [1.165, 1.54) is 0 Å². The molecule has 1 N–H and O–H groups in total. The van der Waals surface area contributed by atoms with Crippen LogP contribution in [0.25, 0.3) is 0 Å². The summed E-state index contributed by atoms with van der Waals surface area (Å²) < 4.78 is 50.3. The van der Waals surface area contributed by atoms with Gasteiger partial charge in [0, 0.05) is 18.3 Å². The van der Waals surface area contributed by atoms with Gasteiger partial charge in [-0.25, -0.2) is 4.39 Å². The van der Waals surface area contributed by atoms with E-state index in [4.69, 9.17) is 0 Å². The summed E-state index contributed by atoms with van der Waals surface area (Å²) in [5, 5.41) is 0. The fraction of sp³-hybridized carbons (Fsp3) is 0.455. The van der Waals surface area contributed by atoms with Crippen molar-refractivity contribution in [1.29, 1.82) is 0 Å². The summed E-state index contributed by atoms with van der Waals surface area (Å²) in [6.07, 6.45) is -3.64. The van der Waals surface area contributed by atoms with Crippen molar-refractivity contribution in [3.63, 3.8) is 0 Å². The Morgan fingerprint density at radius 3 is 2.74 bits per heavy atom. The lowest BCUT2D eigenvalue weighted by atomic mass is 10.1. The summed E-state index contributed by atoms with van der Waals surface area (Å²) in [7, 11) is 0. The van der Waals surface area contributed by atoms with Crippen LogP contribution in [0.3, 0.4) is 0 Å². The number of likely N-dealkylation sites (tertiary alicyclic amines) is 1. The molecule has 1 aliphatic heterocycles. The molecule has 0 saturated carbocycles. The molecule has 0 spiro atoms. The molecular formula is C11H10F4N2O2. The Bertz CT molecular complexity index is 552. The van der Waals surface area contributed by atoms with E-state index < -0.39 is 29.5 Å². The van der Waals surface area contributed by atoms with Crippen LogP contribution in [0.4, 0.5) is 17.6 Å². The first-order valence-corrected chi connectivity index (χ1v) is 5.56. The molecule has 1 unspecified atom stereocenters. The Kier molecular flexibility index (Phi) is 3.34. The fourth-order valence-electron chi connectivity index (χ4n) is 2.22. The van der Waals surface area contributed by atoms with Crippen LogP contribution >= 0.6 is 0 Å². The molecule has 1 aliphatic rings. The summed E-state index contributed by atoms with van der Waals surface area (Å²) >= 11 is 0. The average molecular weight is 278 g/mol. The molecular weight excluding hydrogens is 268 g/mol. The standard InChI is InChI=1S/C11H10F4N2O2/c12-6-4-7(9(18)16-5-6)8-2-1-3-17(8)10(19)11(13,14)15/h4-5,8H,1-3H2,(H,16,18). The highest BCUT2D eigenvalue weighted by Gasteiger charge is 2.46. The SMILES string of the molecule is O=C(N1CCCC1c1cc(F)c[nH]c1=O)C(F)(F)F. The van der Waals surface area contributed by atoms with Gasteiger partial charge >= 0.3 is 12.1 Å². The smallest absolute Gasteiger partial charge is 0.328 e. The number of pyridine rings is 1. The minimum Gasteiger partial charge on any atom is -0.328 e. The second-order valence-electron chi connectivity index (χ2n) is 4.26. The van der Waals surface area contributed by atoms with Gasteiger partial charge in [-0.2, -0.15) is 13.2 Å². The Morgan fingerprint density at radius 2 is 2.11 bits per heavy atom. The molecule has 8 heteroatoms. The van der Waals surface area contributed by atoms with Crippen molar-refractivity contribution in [2.75, 3.05) is 6.54 Å². The topological polar surface area (TPSA) is 53.2 Å². The summed E-state index contributed by atoms with van der Waals surface area (Å²) in [6, 6.07) is -0.167. The Hall–Kier alpha value is -1.86. The normalized spacial score (nSPS) is 19.8. The number of hydrogen-bond donors (Lipinski definition) is 1. The Balaban J connectivity index is 2.36. The van der Waals surface area contributed by atoms with E-state index in [0.717, 1.165) is 12.3 Å². The highest BCUT2D eigenvalue weighted by molar-refractivity contribution is 5.82. The first-order valence-electron chi connectivity index (χ1n) is 5.56. The first-order chi connectivity index (χ1) is 8.80. The van der Waals surface area contributed by atoms with Gasteiger partial charge < -0.3 is 9.88 Å². The summed E-state index contributed by atoms with van der Waals surface area (Å²) in [5.74, 6) is -2.76. The van der Waals surface area contributed by atoms with Gasteiger partial charge in [-0.15, -0.1) is 0 Å². The Morgan fingerprint density at radius 1 is 1.42 bits per heavy atom. The quantitative estimate of drug-likeness (QED) is 0.795. The number of hydrogen-bond acceptors (Lipinski definition) is 2. The van der Waals surface area contributed by atoms with Crippen molar-refractivity contribution in [1.82, 2.24) is 9.88 Å². The Labute approximate surface area is 105 Å². The van der Waals surface area contributed by atoms with Crippen molar-refractivity contribution < 1.29 is 22.4 Å². The number of alkyl halides is 3. The first kappa shape index (κ1) is 13.6. The van der Waals surface area contributed by atoms with E-state index in [9.17, 15) is 27.2 Å². The van der Waals surface area contributed by atoms with Crippen molar-refractivity contribution >= 4 is 5.91 Å². The lowest BCUT2D eigenvalue weighted by Gasteiger charge is -2.25. The van der Waals surface area contributed by atoms with Crippen molar-refractivity contribution in [3.05, 3.63) is 34.0 Å². The lowest BCUT2D eigenvalue weighted by molar-refractivity contribution is -0.186. The molecule has 2 heterocycles. The third-order valence-electron chi connectivity index (χ3n) is 3.01. The number of nitrogens with zero attached hydrogens (tertiary/aromatic N) is 1. The molecule has 1 fully saturated rings. The maximum Gasteiger partial charge on any atom is 0.471 e. The number of halogens is 4. The van der Waals surface area contributed by atoms with Gasteiger partial charge in [0.2, 0.25) is 0 Å². The zero-order chi connectivity index (χ0) is 14.2. The summed E-state index contributed by atoms with van der Waals surface area (Å²) in [4.78, 5) is 25.4. The van der Waals surface area contributed by atoms with Crippen LogP contribution < -0.4 is 5.56 Å². The van der Waals surface area contributed by atoms with Gasteiger partial charge in [0.1, 0.15) is 5.82 Å². The zero-order valence-electron chi connectivity index (χ0n) is 9.63. The van der Waals surface area contributed by atoms with Crippen LogP contribution in [-0.2, 0) is 4.79 Å². The van der Waals surface area contributed by atoms with Crippen LogP contribution in [0, 0.1) is 5.82 Å². The third kappa shape index (κ3) is 2.61. The van der Waals surface area contributed by atoms with Gasteiger partial charge in [0.05, 0.1) is 6.04 Å². The predicted octanol–water partition coefficient (Wildman–Crippen LogP) is 1.74. The summed E-state index contributed by atoms with van der Waals surface area (Å²) in [6.45, 7) is -0.0983. The number of aromatic amines is 1. The van der Waals surface area contributed by atoms with Gasteiger partial charge in [-0.1, -0.05) is 0 Å². The van der Waals surface area contributed by atoms with Crippen molar-refractivity contribution in [3.8, 4) is 0 Å². The molecule has 0 radical (unpaired) electrons. The number of carbonyl (C=O) groups is 1. The van der Waals surface area contributed by atoms with Crippen LogP contribution in [-0.4, -0.2) is 28.5 Å². The molecule has 1 amide bonds. The van der Waals surface area contributed by atoms with Gasteiger partial charge in [0.25, 0.3) is 5.56 Å². The molecule has 0 aromatic carbocycles. The number of carbonyl (C=O) groups excluding carboxylic acids is 1. The largest absolute Gasteiger partial charge is 0.471 e. The number of aromatic nitrogens is 1. The van der Waals surface area contributed by atoms with Crippen LogP contribution in [0.5, 0.6) is 0 Å². The average Bonchev–Trinajstić information content (AvgIpc) is 2.78. The molecule has 1 aromatic heterocycles. The number of rotatable bonds is 1. The summed E-state index contributed by atoms with van der Waals surface area (Å²) in [5.41, 5.74) is -0.844. The van der Waals surface area contributed by atoms with Crippen molar-refractivity contribution in [2.45, 2.75) is 25.1 Å². The molecule has 1 atom stereocenters. The zero-order valence-corrected chi connectivity index (χ0v) is 9.63. The minimum absolute atomic E-state index is 0.0983. The van der Waals surface area contributed by atoms with Gasteiger partial charge in [0.15, 0.2) is 0 Å². The molecule has 0 bridgehead atoms. The third-order valence-corrected chi connectivity index (χ3v) is 3.01. The number of H-pyrrole nitrogens is 1. The van der Waals surface area contributed by atoms with Crippen LogP contribution in [0.2, 0.25) is 0 Å². The second kappa shape index (κ2) is 4.67. The van der Waals surface area contributed by atoms with Crippen LogP contribution in [0.15, 0.2) is 17.1 Å². The van der Waals surface area contributed by atoms with Crippen LogP contribution in [0.1, 0.15) is 24.4 Å².